The molecule has 0 aromatic rings. The molecule has 0 aromatic heterocycles. The van der Waals surface area contributed by atoms with Gasteiger partial charge >= 0.3 is 0 Å². The minimum absolute atomic E-state index is 0.687. The van der Waals surface area contributed by atoms with Gasteiger partial charge in [-0.2, -0.15) is 0 Å². The van der Waals surface area contributed by atoms with Gasteiger partial charge in [0.15, 0.2) is 0 Å². The van der Waals surface area contributed by atoms with Gasteiger partial charge in [0.05, 0.1) is 0 Å². The van der Waals surface area contributed by atoms with E-state index >= 15 is 0 Å². The monoisotopic (exact) mass is 172 g/mol. The molecular weight excluding hydrogens is 151 g/mol. The summed E-state index contributed by atoms with van der Waals surface area (Å²) in [5, 5.41) is 0. The van der Waals surface area contributed by atoms with Gasteiger partial charge in [-0.3, -0.25) is 0 Å². The van der Waals surface area contributed by atoms with E-state index in [1.807, 2.05) is 0 Å². The number of allylic oxidation sites excluding steroid dienone is 2. The Kier molecular flexibility index (Phi) is 6.04. The summed E-state index contributed by atoms with van der Waals surface area (Å²) in [5.74, 6) is 0. The summed E-state index contributed by atoms with van der Waals surface area (Å²) in [5.41, 5.74) is -0.978. The molecular formula is C11H21F. The lowest BCUT2D eigenvalue weighted by Gasteiger charge is -2.12. The first kappa shape index (κ1) is 11.7. The second kappa shape index (κ2) is 6.22. The second-order valence-electron chi connectivity index (χ2n) is 3.84. The fourth-order valence-corrected chi connectivity index (χ4v) is 1.09. The Bertz CT molecular complexity index is 119. The van der Waals surface area contributed by atoms with Crippen LogP contribution in [0.5, 0.6) is 0 Å². The maximum Gasteiger partial charge on any atom is 0.105 e. The molecule has 0 aliphatic carbocycles. The molecule has 0 atom stereocenters. The van der Waals surface area contributed by atoms with Gasteiger partial charge in [0.25, 0.3) is 0 Å². The SMILES string of the molecule is CC/C=C/CCCCC(C)(C)F. The van der Waals surface area contributed by atoms with Crippen molar-refractivity contribution in [1.82, 2.24) is 0 Å². The highest BCUT2D eigenvalue weighted by Gasteiger charge is 2.13. The van der Waals surface area contributed by atoms with Crippen molar-refractivity contribution in [2.24, 2.45) is 0 Å². The van der Waals surface area contributed by atoms with Crippen molar-refractivity contribution in [3.05, 3.63) is 12.2 Å². The normalized spacial score (nSPS) is 12.7. The average Bonchev–Trinajstić information content (AvgIpc) is 1.94. The van der Waals surface area contributed by atoms with E-state index in [1.54, 1.807) is 13.8 Å². The van der Waals surface area contributed by atoms with Crippen LogP contribution < -0.4 is 0 Å². The fourth-order valence-electron chi connectivity index (χ4n) is 1.09. The number of alkyl halides is 1. The zero-order valence-corrected chi connectivity index (χ0v) is 8.57. The first-order valence-corrected chi connectivity index (χ1v) is 4.90. The molecule has 0 aliphatic rings. The van der Waals surface area contributed by atoms with Crippen LogP contribution in [0.4, 0.5) is 4.39 Å². The molecule has 72 valence electrons. The third-order valence-electron chi connectivity index (χ3n) is 1.79. The van der Waals surface area contributed by atoms with Gasteiger partial charge < -0.3 is 0 Å². The number of halogens is 1. The first-order valence-electron chi connectivity index (χ1n) is 4.90. The van der Waals surface area contributed by atoms with Gasteiger partial charge in [0.2, 0.25) is 0 Å². The molecule has 0 aliphatic heterocycles. The van der Waals surface area contributed by atoms with Crippen LogP contribution in [0.3, 0.4) is 0 Å². The third kappa shape index (κ3) is 9.67. The maximum atomic E-state index is 12.9. The van der Waals surface area contributed by atoms with Crippen molar-refractivity contribution < 1.29 is 4.39 Å². The summed E-state index contributed by atoms with van der Waals surface area (Å²) in [7, 11) is 0. The number of unbranched alkanes of at least 4 members (excludes halogenated alkanes) is 2. The van der Waals surface area contributed by atoms with Crippen LogP contribution in [0.15, 0.2) is 12.2 Å². The number of hydrogen-bond donors (Lipinski definition) is 0. The van der Waals surface area contributed by atoms with Crippen molar-refractivity contribution >= 4 is 0 Å². The molecule has 0 bridgehead atoms. The molecule has 0 spiro atoms. The Balaban J connectivity index is 3.17. The van der Waals surface area contributed by atoms with Gasteiger partial charge in [0, 0.05) is 0 Å². The molecule has 0 heterocycles. The van der Waals surface area contributed by atoms with Crippen LogP contribution in [-0.2, 0) is 0 Å². The fraction of sp³-hybridized carbons (Fsp3) is 0.818. The predicted molar refractivity (Wildman–Crippen MR) is 53.1 cm³/mol. The average molecular weight is 172 g/mol. The molecule has 0 radical (unpaired) electrons. The Morgan fingerprint density at radius 3 is 2.33 bits per heavy atom. The minimum Gasteiger partial charge on any atom is -0.245 e. The predicted octanol–water partition coefficient (Wildman–Crippen LogP) is 4.26. The Hall–Kier alpha value is -0.330. The summed E-state index contributed by atoms with van der Waals surface area (Å²) < 4.78 is 12.9. The van der Waals surface area contributed by atoms with E-state index in [2.05, 4.69) is 19.1 Å². The van der Waals surface area contributed by atoms with E-state index in [1.165, 1.54) is 0 Å². The van der Waals surface area contributed by atoms with E-state index in [0.29, 0.717) is 6.42 Å². The number of hydrogen-bond acceptors (Lipinski definition) is 0. The zero-order valence-electron chi connectivity index (χ0n) is 8.57. The van der Waals surface area contributed by atoms with Crippen LogP contribution >= 0.6 is 0 Å². The van der Waals surface area contributed by atoms with Gasteiger partial charge in [-0.1, -0.05) is 19.1 Å². The lowest BCUT2D eigenvalue weighted by Crippen LogP contribution is -2.10. The van der Waals surface area contributed by atoms with Crippen LogP contribution in [0, 0.1) is 0 Å². The van der Waals surface area contributed by atoms with Crippen LogP contribution in [-0.4, -0.2) is 5.67 Å². The minimum atomic E-state index is -0.978. The van der Waals surface area contributed by atoms with Crippen molar-refractivity contribution in [2.45, 2.75) is 58.5 Å². The third-order valence-corrected chi connectivity index (χ3v) is 1.79. The molecule has 0 aromatic carbocycles. The summed E-state index contributed by atoms with van der Waals surface area (Å²) in [6, 6.07) is 0. The smallest absolute Gasteiger partial charge is 0.105 e. The highest BCUT2D eigenvalue weighted by atomic mass is 19.1. The highest BCUT2D eigenvalue weighted by Crippen LogP contribution is 2.17. The molecule has 12 heavy (non-hydrogen) atoms. The van der Waals surface area contributed by atoms with Crippen LogP contribution in [0.1, 0.15) is 52.9 Å². The lowest BCUT2D eigenvalue weighted by atomic mass is 10.0. The molecule has 0 saturated heterocycles. The van der Waals surface area contributed by atoms with E-state index in [0.717, 1.165) is 25.7 Å². The van der Waals surface area contributed by atoms with Crippen molar-refractivity contribution in [3.8, 4) is 0 Å². The second-order valence-corrected chi connectivity index (χ2v) is 3.84. The Labute approximate surface area is 75.9 Å². The van der Waals surface area contributed by atoms with Crippen molar-refractivity contribution in [2.75, 3.05) is 0 Å². The van der Waals surface area contributed by atoms with Gasteiger partial charge in [-0.05, 0) is 46.0 Å². The first-order chi connectivity index (χ1) is 5.56. The Morgan fingerprint density at radius 2 is 1.83 bits per heavy atom. The molecule has 0 nitrogen and oxygen atoms in total. The summed E-state index contributed by atoms with van der Waals surface area (Å²) >= 11 is 0. The zero-order chi connectivity index (χ0) is 9.45. The topological polar surface area (TPSA) is 0 Å². The van der Waals surface area contributed by atoms with Gasteiger partial charge in [0.1, 0.15) is 5.67 Å². The van der Waals surface area contributed by atoms with Gasteiger partial charge in [-0.25, -0.2) is 4.39 Å². The van der Waals surface area contributed by atoms with Crippen LogP contribution in [0.2, 0.25) is 0 Å². The van der Waals surface area contributed by atoms with E-state index in [9.17, 15) is 4.39 Å². The van der Waals surface area contributed by atoms with Gasteiger partial charge in [-0.15, -0.1) is 0 Å². The van der Waals surface area contributed by atoms with Crippen molar-refractivity contribution in [3.63, 3.8) is 0 Å². The molecule has 0 amide bonds. The maximum absolute atomic E-state index is 12.9. The van der Waals surface area contributed by atoms with E-state index in [-0.39, 0.29) is 0 Å². The molecule has 1 heteroatoms. The number of rotatable bonds is 6. The molecule has 0 fully saturated rings. The molecule has 0 N–H and O–H groups in total. The van der Waals surface area contributed by atoms with Crippen molar-refractivity contribution in [1.29, 1.82) is 0 Å². The molecule has 0 rings (SSSR count). The molecule has 0 saturated carbocycles. The lowest BCUT2D eigenvalue weighted by molar-refractivity contribution is 0.196. The quantitative estimate of drug-likeness (QED) is 0.415. The molecule has 0 unspecified atom stereocenters. The summed E-state index contributed by atoms with van der Waals surface area (Å²) in [4.78, 5) is 0. The summed E-state index contributed by atoms with van der Waals surface area (Å²) in [6.07, 6.45) is 9.36. The van der Waals surface area contributed by atoms with E-state index in [4.69, 9.17) is 0 Å². The highest BCUT2D eigenvalue weighted by molar-refractivity contribution is 4.80. The summed E-state index contributed by atoms with van der Waals surface area (Å²) in [6.45, 7) is 5.42. The van der Waals surface area contributed by atoms with Crippen LogP contribution in [0.25, 0.3) is 0 Å². The largest absolute Gasteiger partial charge is 0.245 e. The Morgan fingerprint density at radius 1 is 1.17 bits per heavy atom. The standard InChI is InChI=1S/C11H21F/c1-4-5-6-7-8-9-10-11(2,3)12/h5-6H,4,7-10H2,1-3H3/b6-5+. The van der Waals surface area contributed by atoms with E-state index < -0.39 is 5.67 Å².